The van der Waals surface area contributed by atoms with Crippen LogP contribution in [0.1, 0.15) is 11.1 Å². The Morgan fingerprint density at radius 2 is 2.00 bits per heavy atom. The molecule has 0 fully saturated rings. The summed E-state index contributed by atoms with van der Waals surface area (Å²) < 4.78 is 36.0. The Balaban J connectivity index is 2.77. The highest BCUT2D eigenvalue weighted by Gasteiger charge is 2.11. The van der Waals surface area contributed by atoms with Gasteiger partial charge in [-0.1, -0.05) is 6.07 Å². The van der Waals surface area contributed by atoms with Crippen molar-refractivity contribution in [3.8, 4) is 0 Å². The van der Waals surface area contributed by atoms with E-state index >= 15 is 0 Å². The summed E-state index contributed by atoms with van der Waals surface area (Å²) in [5.41, 5.74) is 1.74. The molecule has 0 bridgehead atoms. The molecule has 1 rings (SSSR count). The number of aryl methyl sites for hydroxylation is 1. The molecule has 0 radical (unpaired) electrons. The van der Waals surface area contributed by atoms with E-state index in [1.165, 1.54) is 12.1 Å². The Hall–Kier alpha value is -0.950. The van der Waals surface area contributed by atoms with Crippen LogP contribution in [-0.4, -0.2) is 37.9 Å². The van der Waals surface area contributed by atoms with Crippen molar-refractivity contribution in [1.82, 2.24) is 0 Å². The van der Waals surface area contributed by atoms with E-state index in [2.05, 4.69) is 0 Å². The third-order valence-corrected chi connectivity index (χ3v) is 3.22. The van der Waals surface area contributed by atoms with Crippen molar-refractivity contribution >= 4 is 10.1 Å². The second-order valence-electron chi connectivity index (χ2n) is 3.65. The molecular formula is C11H16O5S. The molecule has 0 aliphatic rings. The average molecular weight is 260 g/mol. The molecule has 0 atom stereocenters. The number of hydrogen-bond donors (Lipinski definition) is 2. The van der Waals surface area contributed by atoms with Gasteiger partial charge >= 0.3 is 0 Å². The summed E-state index contributed by atoms with van der Waals surface area (Å²) >= 11 is 0. The van der Waals surface area contributed by atoms with Gasteiger partial charge in [0, 0.05) is 0 Å². The van der Waals surface area contributed by atoms with E-state index in [0.717, 1.165) is 11.1 Å². The van der Waals surface area contributed by atoms with E-state index in [0.29, 0.717) is 13.0 Å². The first-order valence-corrected chi connectivity index (χ1v) is 6.65. The lowest BCUT2D eigenvalue weighted by atomic mass is 10.1. The van der Waals surface area contributed by atoms with Crippen molar-refractivity contribution in [2.75, 3.05) is 19.8 Å². The fourth-order valence-electron chi connectivity index (χ4n) is 1.43. The number of rotatable bonds is 6. The first-order chi connectivity index (χ1) is 7.95. The molecule has 1 aromatic rings. The smallest absolute Gasteiger partial charge is 0.294 e. The summed E-state index contributed by atoms with van der Waals surface area (Å²) in [4.78, 5) is -0.111. The summed E-state index contributed by atoms with van der Waals surface area (Å²) in [5.74, 6) is 0. The molecule has 0 heterocycles. The number of aliphatic hydroxyl groups excluding tert-OH is 1. The van der Waals surface area contributed by atoms with Crippen molar-refractivity contribution in [3.63, 3.8) is 0 Å². The summed E-state index contributed by atoms with van der Waals surface area (Å²) in [7, 11) is -4.16. The first-order valence-electron chi connectivity index (χ1n) is 5.21. The van der Waals surface area contributed by atoms with Gasteiger partial charge in [-0.25, -0.2) is 0 Å². The van der Waals surface area contributed by atoms with Crippen LogP contribution in [0.4, 0.5) is 0 Å². The van der Waals surface area contributed by atoms with Crippen LogP contribution in [-0.2, 0) is 21.3 Å². The Morgan fingerprint density at radius 3 is 2.59 bits per heavy atom. The van der Waals surface area contributed by atoms with Gasteiger partial charge in [0.15, 0.2) is 0 Å². The number of ether oxygens (including phenoxy) is 1. The number of aliphatic hydroxyl groups is 1. The van der Waals surface area contributed by atoms with Crippen LogP contribution in [0, 0.1) is 6.92 Å². The van der Waals surface area contributed by atoms with Crippen molar-refractivity contribution < 1.29 is 22.8 Å². The number of benzene rings is 1. The molecule has 96 valence electrons. The van der Waals surface area contributed by atoms with Gasteiger partial charge in [0.2, 0.25) is 0 Å². The quantitative estimate of drug-likeness (QED) is 0.583. The molecule has 2 N–H and O–H groups in total. The van der Waals surface area contributed by atoms with Gasteiger partial charge in [0.25, 0.3) is 10.1 Å². The average Bonchev–Trinajstić information content (AvgIpc) is 2.25. The molecule has 0 saturated carbocycles. The molecule has 6 heteroatoms. The van der Waals surface area contributed by atoms with Crippen molar-refractivity contribution in [2.24, 2.45) is 0 Å². The highest BCUT2D eigenvalue weighted by atomic mass is 32.2. The molecule has 5 nitrogen and oxygen atoms in total. The Bertz CT molecular complexity index is 467. The third-order valence-electron chi connectivity index (χ3n) is 2.37. The normalized spacial score (nSPS) is 11.7. The zero-order chi connectivity index (χ0) is 12.9. The maximum atomic E-state index is 11.0. The minimum Gasteiger partial charge on any atom is -0.394 e. The Kier molecular flexibility index (Phi) is 5.07. The molecule has 17 heavy (non-hydrogen) atoms. The Labute approximate surface area is 101 Å². The van der Waals surface area contributed by atoms with Crippen LogP contribution in [0.25, 0.3) is 0 Å². The molecular weight excluding hydrogens is 244 g/mol. The zero-order valence-corrected chi connectivity index (χ0v) is 10.4. The van der Waals surface area contributed by atoms with E-state index < -0.39 is 10.1 Å². The monoisotopic (exact) mass is 260 g/mol. The van der Waals surface area contributed by atoms with E-state index in [1.807, 2.05) is 6.92 Å². The lowest BCUT2D eigenvalue weighted by Crippen LogP contribution is -2.05. The molecule has 1 aromatic carbocycles. The van der Waals surface area contributed by atoms with E-state index in [9.17, 15) is 8.42 Å². The minimum atomic E-state index is -4.16. The lowest BCUT2D eigenvalue weighted by molar-refractivity contribution is 0.0943. The molecule has 0 aromatic heterocycles. The molecule has 0 spiro atoms. The Morgan fingerprint density at radius 1 is 1.29 bits per heavy atom. The van der Waals surface area contributed by atoms with Crippen LogP contribution in [0.15, 0.2) is 23.1 Å². The summed E-state index contributed by atoms with van der Waals surface area (Å²) in [6, 6.07) is 4.44. The molecule has 0 saturated heterocycles. The summed E-state index contributed by atoms with van der Waals surface area (Å²) in [6.45, 7) is 2.48. The maximum absolute atomic E-state index is 11.0. The van der Waals surface area contributed by atoms with Crippen LogP contribution < -0.4 is 0 Å². The van der Waals surface area contributed by atoms with Crippen LogP contribution in [0.3, 0.4) is 0 Å². The van der Waals surface area contributed by atoms with Crippen LogP contribution in [0.5, 0.6) is 0 Å². The summed E-state index contributed by atoms with van der Waals surface area (Å²) in [5, 5.41) is 8.53. The SMILES string of the molecule is Cc1ccc(S(=O)(=O)O)cc1CCOCCO. The zero-order valence-electron chi connectivity index (χ0n) is 9.59. The topological polar surface area (TPSA) is 83.8 Å². The summed E-state index contributed by atoms with van der Waals surface area (Å²) in [6.07, 6.45) is 0.537. The first kappa shape index (κ1) is 14.1. The van der Waals surface area contributed by atoms with Crippen molar-refractivity contribution in [2.45, 2.75) is 18.2 Å². The molecule has 0 aliphatic carbocycles. The van der Waals surface area contributed by atoms with Crippen LogP contribution in [0.2, 0.25) is 0 Å². The molecule has 0 unspecified atom stereocenters. The molecule has 0 aliphatic heterocycles. The van der Waals surface area contributed by atoms with E-state index in [-0.39, 0.29) is 18.1 Å². The maximum Gasteiger partial charge on any atom is 0.294 e. The fraction of sp³-hybridized carbons (Fsp3) is 0.455. The fourth-order valence-corrected chi connectivity index (χ4v) is 1.96. The predicted octanol–water partition coefficient (Wildman–Crippen LogP) is 0.793. The second kappa shape index (κ2) is 6.11. The van der Waals surface area contributed by atoms with E-state index in [4.69, 9.17) is 14.4 Å². The standard InChI is InChI=1S/C11H16O5S/c1-9-2-3-11(17(13,14)15)8-10(9)4-6-16-7-5-12/h2-3,8,12H,4-7H2,1H3,(H,13,14,15). The minimum absolute atomic E-state index is 0.0377. The van der Waals surface area contributed by atoms with Gasteiger partial charge in [0.1, 0.15) is 0 Å². The molecule has 0 amide bonds. The predicted molar refractivity (Wildman–Crippen MR) is 62.6 cm³/mol. The van der Waals surface area contributed by atoms with Gasteiger partial charge in [-0.2, -0.15) is 8.42 Å². The number of hydrogen-bond acceptors (Lipinski definition) is 4. The highest BCUT2D eigenvalue weighted by Crippen LogP contribution is 2.16. The van der Waals surface area contributed by atoms with Gasteiger partial charge in [0.05, 0.1) is 24.7 Å². The third kappa shape index (κ3) is 4.43. The van der Waals surface area contributed by atoms with Gasteiger partial charge in [-0.15, -0.1) is 0 Å². The van der Waals surface area contributed by atoms with Crippen molar-refractivity contribution in [3.05, 3.63) is 29.3 Å². The lowest BCUT2D eigenvalue weighted by Gasteiger charge is -2.08. The highest BCUT2D eigenvalue weighted by molar-refractivity contribution is 7.85. The van der Waals surface area contributed by atoms with Gasteiger partial charge in [-0.3, -0.25) is 4.55 Å². The largest absolute Gasteiger partial charge is 0.394 e. The van der Waals surface area contributed by atoms with Gasteiger partial charge in [-0.05, 0) is 36.6 Å². The van der Waals surface area contributed by atoms with Crippen LogP contribution >= 0.6 is 0 Å². The van der Waals surface area contributed by atoms with Gasteiger partial charge < -0.3 is 9.84 Å². The van der Waals surface area contributed by atoms with Crippen molar-refractivity contribution in [1.29, 1.82) is 0 Å². The van der Waals surface area contributed by atoms with E-state index in [1.54, 1.807) is 6.07 Å². The second-order valence-corrected chi connectivity index (χ2v) is 5.07.